The van der Waals surface area contributed by atoms with Crippen LogP contribution in [0.25, 0.3) is 0 Å². The molecule has 2 aromatic rings. The molecule has 2 rings (SSSR count). The average Bonchev–Trinajstić information content (AvgIpc) is 2.71. The van der Waals surface area contributed by atoms with Crippen LogP contribution in [-0.2, 0) is 6.54 Å². The van der Waals surface area contributed by atoms with Crippen LogP contribution >= 0.6 is 11.6 Å². The Balaban J connectivity index is 1.83. The standard InChI is InChI=1S/C12H12ClNO/c13-11-4-3-5-12(10-11)15-9-8-14-6-1-2-7-14/h1-7,10H,8-9H2. The van der Waals surface area contributed by atoms with Crippen LogP contribution in [0.2, 0.25) is 5.02 Å². The van der Waals surface area contributed by atoms with Gasteiger partial charge in [-0.3, -0.25) is 0 Å². The number of rotatable bonds is 4. The minimum absolute atomic E-state index is 0.648. The molecule has 1 aromatic carbocycles. The molecule has 0 unspecified atom stereocenters. The predicted molar refractivity (Wildman–Crippen MR) is 61.4 cm³/mol. The van der Waals surface area contributed by atoms with Crippen LogP contribution in [0.15, 0.2) is 48.8 Å². The van der Waals surface area contributed by atoms with Crippen LogP contribution in [0.1, 0.15) is 0 Å². The van der Waals surface area contributed by atoms with Crippen LogP contribution < -0.4 is 4.74 Å². The molecule has 0 saturated carbocycles. The summed E-state index contributed by atoms with van der Waals surface area (Å²) in [6.07, 6.45) is 4.03. The van der Waals surface area contributed by atoms with Gasteiger partial charge in [-0.1, -0.05) is 17.7 Å². The summed E-state index contributed by atoms with van der Waals surface area (Å²) in [7, 11) is 0. The third-order valence-electron chi connectivity index (χ3n) is 2.08. The third-order valence-corrected chi connectivity index (χ3v) is 2.32. The Morgan fingerprint density at radius 3 is 2.67 bits per heavy atom. The van der Waals surface area contributed by atoms with E-state index in [4.69, 9.17) is 16.3 Å². The molecule has 0 aliphatic heterocycles. The highest BCUT2D eigenvalue weighted by Gasteiger charge is 1.94. The first-order chi connectivity index (χ1) is 7.34. The van der Waals surface area contributed by atoms with E-state index in [9.17, 15) is 0 Å². The molecule has 3 heteroatoms. The second-order valence-electron chi connectivity index (χ2n) is 3.23. The summed E-state index contributed by atoms with van der Waals surface area (Å²) in [5.41, 5.74) is 0. The second-order valence-corrected chi connectivity index (χ2v) is 3.66. The third kappa shape index (κ3) is 3.03. The molecule has 15 heavy (non-hydrogen) atoms. The van der Waals surface area contributed by atoms with E-state index >= 15 is 0 Å². The Morgan fingerprint density at radius 1 is 1.13 bits per heavy atom. The second kappa shape index (κ2) is 4.89. The van der Waals surface area contributed by atoms with Crippen molar-refractivity contribution in [3.63, 3.8) is 0 Å². The number of halogens is 1. The monoisotopic (exact) mass is 221 g/mol. The molecule has 78 valence electrons. The van der Waals surface area contributed by atoms with Crippen molar-refractivity contribution in [3.8, 4) is 5.75 Å². The van der Waals surface area contributed by atoms with Crippen molar-refractivity contribution >= 4 is 11.6 Å². The van der Waals surface area contributed by atoms with Crippen molar-refractivity contribution < 1.29 is 4.74 Å². The molecule has 0 aliphatic carbocycles. The van der Waals surface area contributed by atoms with Crippen molar-refractivity contribution in [3.05, 3.63) is 53.8 Å². The average molecular weight is 222 g/mol. The van der Waals surface area contributed by atoms with E-state index in [1.54, 1.807) is 0 Å². The van der Waals surface area contributed by atoms with Crippen molar-refractivity contribution in [2.24, 2.45) is 0 Å². The van der Waals surface area contributed by atoms with Gasteiger partial charge in [-0.25, -0.2) is 0 Å². The summed E-state index contributed by atoms with van der Waals surface area (Å²) in [5.74, 6) is 0.814. The molecule has 0 saturated heterocycles. The summed E-state index contributed by atoms with van der Waals surface area (Å²) in [4.78, 5) is 0. The minimum atomic E-state index is 0.648. The zero-order chi connectivity index (χ0) is 10.5. The maximum atomic E-state index is 5.84. The SMILES string of the molecule is Clc1cccc(OCCn2cccc2)c1. The van der Waals surface area contributed by atoms with Crippen LogP contribution in [0.5, 0.6) is 5.75 Å². The Kier molecular flexibility index (Phi) is 3.30. The number of hydrogen-bond acceptors (Lipinski definition) is 1. The molecule has 0 N–H and O–H groups in total. The quantitative estimate of drug-likeness (QED) is 0.773. The fourth-order valence-electron chi connectivity index (χ4n) is 1.34. The summed E-state index contributed by atoms with van der Waals surface area (Å²) in [6.45, 7) is 1.49. The van der Waals surface area contributed by atoms with Gasteiger partial charge < -0.3 is 9.30 Å². The Hall–Kier alpha value is -1.41. The lowest BCUT2D eigenvalue weighted by molar-refractivity contribution is 0.298. The Bertz CT molecular complexity index is 411. The highest BCUT2D eigenvalue weighted by molar-refractivity contribution is 6.30. The van der Waals surface area contributed by atoms with Crippen LogP contribution in [0.4, 0.5) is 0 Å². The van der Waals surface area contributed by atoms with E-state index in [2.05, 4.69) is 4.57 Å². The molecule has 0 bridgehead atoms. The van der Waals surface area contributed by atoms with Gasteiger partial charge in [-0.2, -0.15) is 0 Å². The maximum Gasteiger partial charge on any atom is 0.120 e. The van der Waals surface area contributed by atoms with E-state index in [0.717, 1.165) is 12.3 Å². The number of benzene rings is 1. The maximum absolute atomic E-state index is 5.84. The first kappa shape index (κ1) is 10.1. The van der Waals surface area contributed by atoms with Gasteiger partial charge in [-0.15, -0.1) is 0 Å². The molecule has 0 atom stereocenters. The first-order valence-corrected chi connectivity index (χ1v) is 5.21. The van der Waals surface area contributed by atoms with Gasteiger partial charge in [0.15, 0.2) is 0 Å². The lowest BCUT2D eigenvalue weighted by Gasteiger charge is -2.06. The zero-order valence-electron chi connectivity index (χ0n) is 8.27. The topological polar surface area (TPSA) is 14.2 Å². The molecular formula is C12H12ClNO. The molecule has 1 heterocycles. The minimum Gasteiger partial charge on any atom is -0.492 e. The lowest BCUT2D eigenvalue weighted by atomic mass is 10.3. The molecule has 0 amide bonds. The van der Waals surface area contributed by atoms with Gasteiger partial charge in [0.25, 0.3) is 0 Å². The molecule has 0 spiro atoms. The van der Waals surface area contributed by atoms with Gasteiger partial charge in [-0.05, 0) is 30.3 Å². The first-order valence-electron chi connectivity index (χ1n) is 4.84. The van der Waals surface area contributed by atoms with E-state index in [0.29, 0.717) is 11.6 Å². The smallest absolute Gasteiger partial charge is 0.120 e. The van der Waals surface area contributed by atoms with E-state index in [-0.39, 0.29) is 0 Å². The summed E-state index contributed by atoms with van der Waals surface area (Å²) < 4.78 is 7.63. The van der Waals surface area contributed by atoms with E-state index in [1.165, 1.54) is 0 Å². The van der Waals surface area contributed by atoms with Gasteiger partial charge in [0, 0.05) is 17.4 Å². The van der Waals surface area contributed by atoms with Crippen LogP contribution in [0, 0.1) is 0 Å². The number of hydrogen-bond donors (Lipinski definition) is 0. The lowest BCUT2D eigenvalue weighted by Crippen LogP contribution is -2.06. The van der Waals surface area contributed by atoms with E-state index < -0.39 is 0 Å². The van der Waals surface area contributed by atoms with Gasteiger partial charge in [0.05, 0.1) is 6.54 Å². The van der Waals surface area contributed by atoms with E-state index in [1.807, 2.05) is 48.8 Å². The van der Waals surface area contributed by atoms with Crippen molar-refractivity contribution in [2.75, 3.05) is 6.61 Å². The summed E-state index contributed by atoms with van der Waals surface area (Å²) in [6, 6.07) is 11.4. The van der Waals surface area contributed by atoms with Crippen molar-refractivity contribution in [1.82, 2.24) is 4.57 Å². The molecule has 0 aliphatic rings. The number of ether oxygens (including phenoxy) is 1. The molecule has 1 aromatic heterocycles. The molecular weight excluding hydrogens is 210 g/mol. The van der Waals surface area contributed by atoms with Crippen LogP contribution in [-0.4, -0.2) is 11.2 Å². The molecule has 0 fully saturated rings. The van der Waals surface area contributed by atoms with Gasteiger partial charge >= 0.3 is 0 Å². The van der Waals surface area contributed by atoms with Gasteiger partial charge in [0.2, 0.25) is 0 Å². The van der Waals surface area contributed by atoms with Crippen molar-refractivity contribution in [1.29, 1.82) is 0 Å². The fourth-order valence-corrected chi connectivity index (χ4v) is 1.53. The van der Waals surface area contributed by atoms with Gasteiger partial charge in [0.1, 0.15) is 12.4 Å². The molecule has 0 radical (unpaired) electrons. The normalized spacial score (nSPS) is 10.2. The number of nitrogens with zero attached hydrogens (tertiary/aromatic N) is 1. The van der Waals surface area contributed by atoms with Crippen LogP contribution in [0.3, 0.4) is 0 Å². The Labute approximate surface area is 94.1 Å². The fraction of sp³-hybridized carbons (Fsp3) is 0.167. The molecule has 2 nitrogen and oxygen atoms in total. The number of aromatic nitrogens is 1. The highest BCUT2D eigenvalue weighted by Crippen LogP contribution is 2.16. The highest BCUT2D eigenvalue weighted by atomic mass is 35.5. The zero-order valence-corrected chi connectivity index (χ0v) is 9.02. The summed E-state index contributed by atoms with van der Waals surface area (Å²) >= 11 is 5.84. The predicted octanol–water partition coefficient (Wildman–Crippen LogP) is 3.22. The van der Waals surface area contributed by atoms with Crippen molar-refractivity contribution in [2.45, 2.75) is 6.54 Å². The largest absolute Gasteiger partial charge is 0.492 e. The Morgan fingerprint density at radius 2 is 1.93 bits per heavy atom. The summed E-state index contributed by atoms with van der Waals surface area (Å²) in [5, 5.41) is 0.702.